The average Bonchev–Trinajstić information content (AvgIpc) is 2.36. The van der Waals surface area contributed by atoms with Crippen molar-refractivity contribution >= 4 is 11.9 Å². The highest BCUT2D eigenvalue weighted by molar-refractivity contribution is 5.72. The van der Waals surface area contributed by atoms with Crippen LogP contribution in [0.5, 0.6) is 0 Å². The summed E-state index contributed by atoms with van der Waals surface area (Å²) in [5.41, 5.74) is 0. The molecule has 6 nitrogen and oxygen atoms in total. The summed E-state index contributed by atoms with van der Waals surface area (Å²) in [6.45, 7) is 1.79. The normalized spacial score (nSPS) is 22.2. The first kappa shape index (κ1) is 14.9. The quantitative estimate of drug-likeness (QED) is 0.728. The minimum absolute atomic E-state index is 0.126. The number of carbonyl (C=O) groups is 2. The zero-order chi connectivity index (χ0) is 13.6. The molecule has 0 amide bonds. The molecule has 104 valence electrons. The van der Waals surface area contributed by atoms with Gasteiger partial charge < -0.3 is 19.7 Å². The van der Waals surface area contributed by atoms with Crippen LogP contribution in [0.3, 0.4) is 0 Å². The lowest BCUT2D eigenvalue weighted by atomic mass is 10.1. The van der Waals surface area contributed by atoms with Crippen molar-refractivity contribution in [3.63, 3.8) is 0 Å². The first-order valence-electron chi connectivity index (χ1n) is 6.29. The van der Waals surface area contributed by atoms with Crippen molar-refractivity contribution in [2.24, 2.45) is 0 Å². The summed E-state index contributed by atoms with van der Waals surface area (Å²) in [6, 6.07) is 0. The number of hydrogen-bond acceptors (Lipinski definition) is 6. The molecule has 18 heavy (non-hydrogen) atoms. The number of carbonyl (C=O) groups excluding carboxylic acids is 2. The highest BCUT2D eigenvalue weighted by Gasteiger charge is 2.37. The Morgan fingerprint density at radius 2 is 1.72 bits per heavy atom. The molecule has 0 spiro atoms. The van der Waals surface area contributed by atoms with Crippen LogP contribution in [0.1, 0.15) is 51.9 Å². The third-order valence-electron chi connectivity index (χ3n) is 2.82. The first-order chi connectivity index (χ1) is 8.45. The smallest absolute Gasteiger partial charge is 0.373 e. The van der Waals surface area contributed by atoms with Crippen molar-refractivity contribution in [3.8, 4) is 0 Å². The molecule has 6 heteroatoms. The molecule has 2 N–H and O–H groups in total. The molecule has 0 saturated carbocycles. The van der Waals surface area contributed by atoms with E-state index in [1.165, 1.54) is 0 Å². The van der Waals surface area contributed by atoms with Crippen LogP contribution in [-0.4, -0.2) is 34.2 Å². The molecule has 1 aliphatic heterocycles. The Balaban J connectivity index is 2.65. The molecule has 0 aromatic heterocycles. The molecular weight excluding hydrogens is 240 g/mol. The van der Waals surface area contributed by atoms with Crippen LogP contribution in [-0.2, 0) is 19.1 Å². The maximum atomic E-state index is 11.4. The zero-order valence-electron chi connectivity index (χ0n) is 10.6. The van der Waals surface area contributed by atoms with Crippen molar-refractivity contribution < 1.29 is 29.3 Å². The SMILES string of the molecule is CCC(O)CCC1(O)OC(=O)CCCCC(=O)O1. The highest BCUT2D eigenvalue weighted by atomic mass is 16.8. The van der Waals surface area contributed by atoms with Gasteiger partial charge in [-0.2, -0.15) is 0 Å². The molecule has 1 atom stereocenters. The number of esters is 2. The number of hydrogen-bond donors (Lipinski definition) is 2. The van der Waals surface area contributed by atoms with E-state index in [0.29, 0.717) is 19.3 Å². The van der Waals surface area contributed by atoms with Gasteiger partial charge in [0.25, 0.3) is 0 Å². The number of rotatable bonds is 4. The lowest BCUT2D eigenvalue weighted by Crippen LogP contribution is -2.40. The molecule has 1 fully saturated rings. The average molecular weight is 260 g/mol. The molecular formula is C12H20O6. The second-order valence-corrected chi connectivity index (χ2v) is 4.47. The van der Waals surface area contributed by atoms with Crippen LogP contribution in [0.25, 0.3) is 0 Å². The van der Waals surface area contributed by atoms with E-state index in [-0.39, 0.29) is 25.7 Å². The van der Waals surface area contributed by atoms with E-state index in [2.05, 4.69) is 0 Å². The van der Waals surface area contributed by atoms with E-state index in [9.17, 15) is 19.8 Å². The summed E-state index contributed by atoms with van der Waals surface area (Å²) in [5.74, 6) is -3.44. The lowest BCUT2D eigenvalue weighted by molar-refractivity contribution is -0.328. The summed E-state index contributed by atoms with van der Waals surface area (Å²) in [7, 11) is 0. The minimum atomic E-state index is -2.24. The van der Waals surface area contributed by atoms with Crippen molar-refractivity contribution in [1.82, 2.24) is 0 Å². The van der Waals surface area contributed by atoms with Gasteiger partial charge in [0.2, 0.25) is 0 Å². The van der Waals surface area contributed by atoms with Crippen LogP contribution in [0, 0.1) is 0 Å². The fourth-order valence-electron chi connectivity index (χ4n) is 1.67. The summed E-state index contributed by atoms with van der Waals surface area (Å²) in [5, 5.41) is 19.4. The Morgan fingerprint density at radius 1 is 1.22 bits per heavy atom. The van der Waals surface area contributed by atoms with Crippen LogP contribution < -0.4 is 0 Å². The zero-order valence-corrected chi connectivity index (χ0v) is 10.6. The van der Waals surface area contributed by atoms with E-state index >= 15 is 0 Å². The first-order valence-corrected chi connectivity index (χ1v) is 6.29. The maximum absolute atomic E-state index is 11.4. The number of aliphatic hydroxyl groups is 2. The van der Waals surface area contributed by atoms with Gasteiger partial charge in [0.15, 0.2) is 0 Å². The van der Waals surface area contributed by atoms with E-state index in [1.807, 2.05) is 0 Å². The van der Waals surface area contributed by atoms with E-state index in [0.717, 1.165) is 0 Å². The monoisotopic (exact) mass is 260 g/mol. The molecule has 0 bridgehead atoms. The van der Waals surface area contributed by atoms with Gasteiger partial charge in [0, 0.05) is 12.8 Å². The lowest BCUT2D eigenvalue weighted by Gasteiger charge is -2.27. The molecule has 0 aromatic rings. The Kier molecular flexibility index (Phi) is 5.55. The molecule has 0 radical (unpaired) electrons. The van der Waals surface area contributed by atoms with Crippen LogP contribution in [0.2, 0.25) is 0 Å². The molecule has 1 aliphatic rings. The van der Waals surface area contributed by atoms with E-state index in [4.69, 9.17) is 9.47 Å². The van der Waals surface area contributed by atoms with Gasteiger partial charge >= 0.3 is 17.9 Å². The molecule has 1 saturated heterocycles. The highest BCUT2D eigenvalue weighted by Crippen LogP contribution is 2.23. The number of ether oxygens (including phenoxy) is 2. The van der Waals surface area contributed by atoms with E-state index < -0.39 is 24.0 Å². The van der Waals surface area contributed by atoms with Gasteiger partial charge in [-0.1, -0.05) is 6.92 Å². The second kappa shape index (κ2) is 6.70. The fourth-order valence-corrected chi connectivity index (χ4v) is 1.67. The van der Waals surface area contributed by atoms with Crippen molar-refractivity contribution in [2.45, 2.75) is 63.9 Å². The van der Waals surface area contributed by atoms with Gasteiger partial charge in [-0.25, -0.2) is 0 Å². The Bertz CT molecular complexity index is 281. The second-order valence-electron chi connectivity index (χ2n) is 4.47. The molecule has 0 aromatic carbocycles. The Labute approximate surface area is 106 Å². The predicted molar refractivity (Wildman–Crippen MR) is 61.1 cm³/mol. The summed E-state index contributed by atoms with van der Waals surface area (Å²) in [4.78, 5) is 22.8. The molecule has 1 unspecified atom stereocenters. The number of aliphatic hydroxyl groups excluding tert-OH is 1. The van der Waals surface area contributed by atoms with Crippen molar-refractivity contribution in [1.29, 1.82) is 0 Å². The van der Waals surface area contributed by atoms with Crippen molar-refractivity contribution in [2.75, 3.05) is 0 Å². The molecule has 1 rings (SSSR count). The van der Waals surface area contributed by atoms with E-state index in [1.54, 1.807) is 6.92 Å². The molecule has 1 heterocycles. The number of cyclic esters (lactones) is 2. The van der Waals surface area contributed by atoms with Crippen molar-refractivity contribution in [3.05, 3.63) is 0 Å². The Morgan fingerprint density at radius 3 is 2.17 bits per heavy atom. The minimum Gasteiger partial charge on any atom is -0.398 e. The summed E-state index contributed by atoms with van der Waals surface area (Å²) >= 11 is 0. The standard InChI is InChI=1S/C12H20O6/c1-2-9(13)7-8-12(16)17-10(14)5-3-4-6-11(15)18-12/h9,13,16H,2-8H2,1H3. The third kappa shape index (κ3) is 5.01. The largest absolute Gasteiger partial charge is 0.398 e. The van der Waals surface area contributed by atoms with Gasteiger partial charge in [-0.15, -0.1) is 0 Å². The topological polar surface area (TPSA) is 93.1 Å². The fraction of sp³-hybridized carbons (Fsp3) is 0.833. The van der Waals surface area contributed by atoms with Gasteiger partial charge in [-0.05, 0) is 25.7 Å². The predicted octanol–water partition coefficient (Wildman–Crippen LogP) is 0.844. The Hall–Kier alpha value is -1.14. The van der Waals surface area contributed by atoms with Gasteiger partial charge in [0.1, 0.15) is 0 Å². The van der Waals surface area contributed by atoms with Gasteiger partial charge in [-0.3, -0.25) is 9.59 Å². The van der Waals surface area contributed by atoms with Crippen LogP contribution in [0.15, 0.2) is 0 Å². The third-order valence-corrected chi connectivity index (χ3v) is 2.82. The molecule has 0 aliphatic carbocycles. The van der Waals surface area contributed by atoms with Crippen LogP contribution in [0.4, 0.5) is 0 Å². The summed E-state index contributed by atoms with van der Waals surface area (Å²) in [6.07, 6.45) is 1.30. The van der Waals surface area contributed by atoms with Gasteiger partial charge in [0.05, 0.1) is 12.5 Å². The maximum Gasteiger partial charge on any atom is 0.373 e. The summed E-state index contributed by atoms with van der Waals surface area (Å²) < 4.78 is 9.57. The van der Waals surface area contributed by atoms with Crippen LogP contribution >= 0.6 is 0 Å².